The van der Waals surface area contributed by atoms with Gasteiger partial charge in [-0.05, 0) is 28.8 Å². The number of halogens is 2. The fraction of sp³-hybridized carbons (Fsp3) is 0.500. The molecule has 0 N–H and O–H groups in total. The molecule has 1 saturated heterocycles. The van der Waals surface area contributed by atoms with E-state index < -0.39 is 0 Å². The summed E-state index contributed by atoms with van der Waals surface area (Å²) in [6.45, 7) is 2.25. The smallest absolute Gasteiger partial charge is 0.302 e. The van der Waals surface area contributed by atoms with Crippen molar-refractivity contribution in [3.63, 3.8) is 0 Å². The van der Waals surface area contributed by atoms with E-state index >= 15 is 0 Å². The zero-order valence-corrected chi connectivity index (χ0v) is 14.3. The molecule has 1 aliphatic heterocycles. The molecule has 2 aromatic rings. The van der Waals surface area contributed by atoms with Crippen molar-refractivity contribution >= 4 is 39.0 Å². The number of carbonyl (C=O) groups is 1. The third-order valence-electron chi connectivity index (χ3n) is 3.70. The lowest BCUT2D eigenvalue weighted by molar-refractivity contribution is -0.146. The minimum atomic E-state index is -0.281. The molecule has 22 heavy (non-hydrogen) atoms. The molecule has 2 aromatic heterocycles. The second kappa shape index (κ2) is 6.52. The summed E-state index contributed by atoms with van der Waals surface area (Å²) < 4.78 is 13.4. The highest BCUT2D eigenvalue weighted by Crippen LogP contribution is 2.32. The lowest BCUT2D eigenvalue weighted by Crippen LogP contribution is -2.30. The molecule has 3 rings (SSSR count). The van der Waals surface area contributed by atoms with Gasteiger partial charge < -0.3 is 9.47 Å². The summed E-state index contributed by atoms with van der Waals surface area (Å²) >= 11 is 9.56. The normalized spacial score (nSPS) is 22.0. The number of ether oxygens (including phenoxy) is 2. The summed E-state index contributed by atoms with van der Waals surface area (Å²) in [5.74, 6) is 0.791. The van der Waals surface area contributed by atoms with Crippen LogP contribution in [0.25, 0.3) is 5.52 Å². The van der Waals surface area contributed by atoms with Crippen LogP contribution < -0.4 is 0 Å². The molecular weight excluding hydrogens is 374 g/mol. The lowest BCUT2D eigenvalue weighted by atomic mass is 9.98. The van der Waals surface area contributed by atoms with Crippen molar-refractivity contribution in [1.82, 2.24) is 14.4 Å². The van der Waals surface area contributed by atoms with E-state index in [2.05, 4.69) is 25.9 Å². The SMILES string of the molecule is CC(=O)OCC1CCC(c2nc(Br)c3c(Cl)nccn23)CO1. The third-order valence-corrected chi connectivity index (χ3v) is 4.53. The van der Waals surface area contributed by atoms with Crippen molar-refractivity contribution < 1.29 is 14.3 Å². The zero-order valence-electron chi connectivity index (χ0n) is 12.0. The molecule has 0 bridgehead atoms. The Morgan fingerprint density at radius 3 is 3.09 bits per heavy atom. The molecule has 3 heterocycles. The van der Waals surface area contributed by atoms with Crippen LogP contribution in [0, 0.1) is 0 Å². The molecule has 6 nitrogen and oxygen atoms in total. The molecule has 1 aliphatic rings. The number of nitrogens with zero attached hydrogens (tertiary/aromatic N) is 3. The van der Waals surface area contributed by atoms with Crippen molar-refractivity contribution in [3.8, 4) is 0 Å². The molecule has 0 radical (unpaired) electrons. The first-order valence-electron chi connectivity index (χ1n) is 6.99. The van der Waals surface area contributed by atoms with E-state index in [-0.39, 0.29) is 18.0 Å². The summed E-state index contributed by atoms with van der Waals surface area (Å²) in [7, 11) is 0. The van der Waals surface area contributed by atoms with Crippen molar-refractivity contribution in [2.24, 2.45) is 0 Å². The van der Waals surface area contributed by atoms with Gasteiger partial charge in [-0.1, -0.05) is 11.6 Å². The molecule has 0 amide bonds. The van der Waals surface area contributed by atoms with E-state index in [1.165, 1.54) is 6.92 Å². The Bertz CT molecular complexity index is 698. The first-order valence-corrected chi connectivity index (χ1v) is 8.16. The van der Waals surface area contributed by atoms with E-state index in [0.29, 0.717) is 23.0 Å². The maximum absolute atomic E-state index is 10.8. The van der Waals surface area contributed by atoms with Gasteiger partial charge in [-0.15, -0.1) is 0 Å². The summed E-state index contributed by atoms with van der Waals surface area (Å²) in [5, 5.41) is 0.414. The Kier molecular flexibility index (Phi) is 4.65. The molecule has 2 atom stereocenters. The number of aromatic nitrogens is 3. The monoisotopic (exact) mass is 387 g/mol. The molecule has 118 valence electrons. The van der Waals surface area contributed by atoms with Crippen LogP contribution in [-0.2, 0) is 14.3 Å². The van der Waals surface area contributed by atoms with Gasteiger partial charge in [0.1, 0.15) is 22.6 Å². The van der Waals surface area contributed by atoms with Crippen molar-refractivity contribution in [2.75, 3.05) is 13.2 Å². The van der Waals surface area contributed by atoms with Crippen molar-refractivity contribution in [3.05, 3.63) is 28.0 Å². The van der Waals surface area contributed by atoms with Gasteiger partial charge >= 0.3 is 5.97 Å². The molecule has 0 aliphatic carbocycles. The average Bonchev–Trinajstić information content (AvgIpc) is 2.84. The van der Waals surface area contributed by atoms with Crippen LogP contribution in [0.5, 0.6) is 0 Å². The van der Waals surface area contributed by atoms with E-state index in [1.807, 2.05) is 10.6 Å². The summed E-state index contributed by atoms with van der Waals surface area (Å²) in [6.07, 6.45) is 5.19. The largest absolute Gasteiger partial charge is 0.463 e. The fourth-order valence-electron chi connectivity index (χ4n) is 2.62. The highest BCUT2D eigenvalue weighted by molar-refractivity contribution is 9.10. The number of carbonyl (C=O) groups excluding carboxylic acids is 1. The molecule has 0 spiro atoms. The fourth-order valence-corrected chi connectivity index (χ4v) is 3.53. The highest BCUT2D eigenvalue weighted by Gasteiger charge is 2.27. The van der Waals surface area contributed by atoms with Crippen LogP contribution in [-0.4, -0.2) is 39.7 Å². The van der Waals surface area contributed by atoms with Gasteiger partial charge in [0.25, 0.3) is 0 Å². The van der Waals surface area contributed by atoms with E-state index in [4.69, 9.17) is 21.1 Å². The maximum Gasteiger partial charge on any atom is 0.302 e. The number of fused-ring (bicyclic) bond motifs is 1. The average molecular weight is 389 g/mol. The Balaban J connectivity index is 1.74. The van der Waals surface area contributed by atoms with Crippen LogP contribution in [0.1, 0.15) is 31.5 Å². The van der Waals surface area contributed by atoms with Crippen LogP contribution in [0.2, 0.25) is 5.15 Å². The van der Waals surface area contributed by atoms with Gasteiger partial charge in [-0.2, -0.15) is 0 Å². The van der Waals surface area contributed by atoms with Gasteiger partial charge in [-0.3, -0.25) is 9.20 Å². The predicted octanol–water partition coefficient (Wildman–Crippen LogP) is 2.97. The number of hydrogen-bond donors (Lipinski definition) is 0. The first-order chi connectivity index (χ1) is 10.6. The van der Waals surface area contributed by atoms with Crippen LogP contribution in [0.3, 0.4) is 0 Å². The minimum absolute atomic E-state index is 0.0416. The summed E-state index contributed by atoms with van der Waals surface area (Å²) in [5.41, 5.74) is 0.765. The second-order valence-electron chi connectivity index (χ2n) is 5.23. The number of esters is 1. The van der Waals surface area contributed by atoms with Gasteiger partial charge in [0.2, 0.25) is 0 Å². The zero-order chi connectivity index (χ0) is 15.7. The Hall–Kier alpha value is -1.18. The molecule has 8 heteroatoms. The molecule has 1 fully saturated rings. The minimum Gasteiger partial charge on any atom is -0.463 e. The molecule has 2 unspecified atom stereocenters. The third kappa shape index (κ3) is 3.11. The number of rotatable bonds is 3. The lowest BCUT2D eigenvalue weighted by Gasteiger charge is -2.28. The van der Waals surface area contributed by atoms with Crippen LogP contribution in [0.15, 0.2) is 17.0 Å². The van der Waals surface area contributed by atoms with Gasteiger partial charge in [-0.25, -0.2) is 9.97 Å². The molecular formula is C14H15BrClN3O3. The van der Waals surface area contributed by atoms with Crippen molar-refractivity contribution in [1.29, 1.82) is 0 Å². The Morgan fingerprint density at radius 2 is 2.41 bits per heavy atom. The second-order valence-corrected chi connectivity index (χ2v) is 6.34. The number of imidazole rings is 1. The summed E-state index contributed by atoms with van der Waals surface area (Å²) in [4.78, 5) is 19.5. The van der Waals surface area contributed by atoms with Crippen LogP contribution in [0.4, 0.5) is 0 Å². The number of hydrogen-bond acceptors (Lipinski definition) is 5. The Labute approximate surface area is 140 Å². The van der Waals surface area contributed by atoms with E-state index in [9.17, 15) is 4.79 Å². The first kappa shape index (κ1) is 15.7. The van der Waals surface area contributed by atoms with Gasteiger partial charge in [0, 0.05) is 25.2 Å². The topological polar surface area (TPSA) is 65.7 Å². The quantitative estimate of drug-likeness (QED) is 0.756. The van der Waals surface area contributed by atoms with Crippen molar-refractivity contribution in [2.45, 2.75) is 31.8 Å². The summed E-state index contributed by atoms with van der Waals surface area (Å²) in [6, 6.07) is 0. The van der Waals surface area contributed by atoms with E-state index in [0.717, 1.165) is 24.2 Å². The standard InChI is InChI=1S/C14H15BrClN3O3/c1-8(20)21-7-10-3-2-9(6-22-10)14-18-12(15)11-13(16)17-4-5-19(11)14/h4-5,9-10H,2-3,6-7H2,1H3. The van der Waals surface area contributed by atoms with Crippen LogP contribution >= 0.6 is 27.5 Å². The van der Waals surface area contributed by atoms with Gasteiger partial charge in [0.05, 0.1) is 12.7 Å². The predicted molar refractivity (Wildman–Crippen MR) is 84.0 cm³/mol. The van der Waals surface area contributed by atoms with E-state index in [1.54, 1.807) is 6.20 Å². The maximum atomic E-state index is 10.8. The van der Waals surface area contributed by atoms with Gasteiger partial charge in [0.15, 0.2) is 5.15 Å². The molecule has 0 saturated carbocycles. The Morgan fingerprint density at radius 1 is 1.59 bits per heavy atom. The molecule has 0 aromatic carbocycles. The highest BCUT2D eigenvalue weighted by atomic mass is 79.9.